The minimum atomic E-state index is 0.0760. The minimum Gasteiger partial charge on any atom is -0.282 e. The van der Waals surface area contributed by atoms with E-state index in [2.05, 4.69) is 50.0 Å². The molecule has 0 N–H and O–H groups in total. The maximum atomic E-state index is 4.75. The summed E-state index contributed by atoms with van der Waals surface area (Å²) in [5, 5.41) is 0. The van der Waals surface area contributed by atoms with Crippen LogP contribution >= 0.6 is 0 Å². The Morgan fingerprint density at radius 1 is 1.00 bits per heavy atom. The molecule has 0 aliphatic rings. The van der Waals surface area contributed by atoms with Crippen molar-refractivity contribution in [3.05, 3.63) is 66.0 Å². The van der Waals surface area contributed by atoms with Gasteiger partial charge in [-0.2, -0.15) is 0 Å². The molecule has 1 aromatic heterocycles. The third kappa shape index (κ3) is 3.75. The molecule has 0 spiro atoms. The van der Waals surface area contributed by atoms with Crippen LogP contribution in [0.3, 0.4) is 0 Å². The molecule has 2 aromatic rings. The van der Waals surface area contributed by atoms with Crippen molar-refractivity contribution in [3.63, 3.8) is 0 Å². The Morgan fingerprint density at radius 3 is 2.26 bits per heavy atom. The van der Waals surface area contributed by atoms with Crippen molar-refractivity contribution in [2.45, 2.75) is 26.8 Å². The molecule has 0 unspecified atom stereocenters. The normalized spacial score (nSPS) is 13.6. The summed E-state index contributed by atoms with van der Waals surface area (Å²) in [6, 6.07) is 16.4. The molecule has 0 saturated heterocycles. The van der Waals surface area contributed by atoms with Crippen LogP contribution < -0.4 is 0 Å². The summed E-state index contributed by atoms with van der Waals surface area (Å²) in [5.74, 6) is 0. The molecule has 2 heteroatoms. The highest BCUT2D eigenvalue weighted by atomic mass is 14.8. The molecule has 1 heterocycles. The predicted molar refractivity (Wildman–Crippen MR) is 80.5 cm³/mol. The zero-order chi connectivity index (χ0) is 13.7. The van der Waals surface area contributed by atoms with Gasteiger partial charge in [-0.1, -0.05) is 57.2 Å². The van der Waals surface area contributed by atoms with Crippen LogP contribution in [-0.4, -0.2) is 11.2 Å². The summed E-state index contributed by atoms with van der Waals surface area (Å²) in [6.07, 6.45) is 3.65. The van der Waals surface area contributed by atoms with Crippen LogP contribution in [0.4, 0.5) is 0 Å². The molecular weight excluding hydrogens is 232 g/mol. The van der Waals surface area contributed by atoms with Gasteiger partial charge in [0.15, 0.2) is 0 Å². The number of pyridine rings is 1. The minimum absolute atomic E-state index is 0.0760. The smallest absolute Gasteiger partial charge is 0.0808 e. The SMILES string of the molecule is CC(C)(C)[C@@H](N=Cc1ccccn1)c1ccccc1. The largest absolute Gasteiger partial charge is 0.282 e. The number of nitrogens with zero attached hydrogens (tertiary/aromatic N) is 2. The van der Waals surface area contributed by atoms with E-state index in [0.29, 0.717) is 0 Å². The fourth-order valence-corrected chi connectivity index (χ4v) is 2.05. The van der Waals surface area contributed by atoms with Gasteiger partial charge >= 0.3 is 0 Å². The Labute approximate surface area is 115 Å². The number of benzene rings is 1. The van der Waals surface area contributed by atoms with Crippen LogP contribution in [-0.2, 0) is 0 Å². The van der Waals surface area contributed by atoms with Gasteiger partial charge in [-0.25, -0.2) is 0 Å². The molecule has 0 aliphatic carbocycles. The van der Waals surface area contributed by atoms with Crippen LogP contribution in [0.1, 0.15) is 38.1 Å². The lowest BCUT2D eigenvalue weighted by Crippen LogP contribution is -2.16. The molecule has 1 atom stereocenters. The standard InChI is InChI=1S/C17H20N2/c1-17(2,3)16(14-9-5-4-6-10-14)19-13-15-11-7-8-12-18-15/h4-13,16H,1-3H3/t16-/m0/s1. The van der Waals surface area contributed by atoms with E-state index in [1.54, 1.807) is 6.20 Å². The van der Waals surface area contributed by atoms with Gasteiger partial charge in [-0.3, -0.25) is 9.98 Å². The van der Waals surface area contributed by atoms with E-state index in [1.807, 2.05) is 30.5 Å². The second kappa shape index (κ2) is 5.79. The summed E-state index contributed by atoms with van der Waals surface area (Å²) in [5.41, 5.74) is 2.21. The molecule has 98 valence electrons. The molecule has 0 bridgehead atoms. The van der Waals surface area contributed by atoms with E-state index in [-0.39, 0.29) is 11.5 Å². The first kappa shape index (κ1) is 13.5. The van der Waals surface area contributed by atoms with Crippen molar-refractivity contribution in [2.24, 2.45) is 10.4 Å². The van der Waals surface area contributed by atoms with Crippen molar-refractivity contribution in [2.75, 3.05) is 0 Å². The van der Waals surface area contributed by atoms with Gasteiger partial charge in [0, 0.05) is 12.4 Å². The topological polar surface area (TPSA) is 25.2 Å². The number of rotatable bonds is 3. The van der Waals surface area contributed by atoms with Gasteiger partial charge in [0.05, 0.1) is 11.7 Å². The highest BCUT2D eigenvalue weighted by molar-refractivity contribution is 5.77. The second-order valence-corrected chi connectivity index (χ2v) is 5.71. The van der Waals surface area contributed by atoms with Crippen molar-refractivity contribution in [3.8, 4) is 0 Å². The number of hydrogen-bond acceptors (Lipinski definition) is 2. The molecule has 0 fully saturated rings. The first-order valence-corrected chi connectivity index (χ1v) is 6.56. The lowest BCUT2D eigenvalue weighted by atomic mass is 9.83. The lowest BCUT2D eigenvalue weighted by molar-refractivity contribution is 0.330. The Morgan fingerprint density at radius 2 is 1.68 bits per heavy atom. The maximum absolute atomic E-state index is 4.75. The Balaban J connectivity index is 2.28. The van der Waals surface area contributed by atoms with E-state index in [0.717, 1.165) is 5.69 Å². The maximum Gasteiger partial charge on any atom is 0.0808 e. The number of aliphatic imine (C=N–C) groups is 1. The molecule has 0 radical (unpaired) electrons. The quantitative estimate of drug-likeness (QED) is 0.748. The molecule has 2 nitrogen and oxygen atoms in total. The van der Waals surface area contributed by atoms with Gasteiger partial charge in [-0.15, -0.1) is 0 Å². The van der Waals surface area contributed by atoms with Crippen LogP contribution in [0, 0.1) is 5.41 Å². The Bertz CT molecular complexity index is 524. The zero-order valence-electron chi connectivity index (χ0n) is 11.7. The van der Waals surface area contributed by atoms with Gasteiger partial charge in [0.25, 0.3) is 0 Å². The van der Waals surface area contributed by atoms with Crippen molar-refractivity contribution in [1.82, 2.24) is 4.98 Å². The van der Waals surface area contributed by atoms with Crippen LogP contribution in [0.5, 0.6) is 0 Å². The summed E-state index contributed by atoms with van der Waals surface area (Å²) in [4.78, 5) is 9.03. The number of hydrogen-bond donors (Lipinski definition) is 0. The summed E-state index contributed by atoms with van der Waals surface area (Å²) < 4.78 is 0. The van der Waals surface area contributed by atoms with Crippen LogP contribution in [0.2, 0.25) is 0 Å². The average molecular weight is 252 g/mol. The van der Waals surface area contributed by atoms with Gasteiger partial charge < -0.3 is 0 Å². The van der Waals surface area contributed by atoms with Crippen LogP contribution in [0.25, 0.3) is 0 Å². The predicted octanol–water partition coefficient (Wildman–Crippen LogP) is 4.29. The summed E-state index contributed by atoms with van der Waals surface area (Å²) >= 11 is 0. The first-order chi connectivity index (χ1) is 9.07. The van der Waals surface area contributed by atoms with E-state index >= 15 is 0 Å². The fourth-order valence-electron chi connectivity index (χ4n) is 2.05. The summed E-state index contributed by atoms with van der Waals surface area (Å²) in [7, 11) is 0. The third-order valence-corrected chi connectivity index (χ3v) is 2.98. The van der Waals surface area contributed by atoms with Crippen molar-refractivity contribution < 1.29 is 0 Å². The molecule has 0 saturated carbocycles. The van der Waals surface area contributed by atoms with E-state index in [4.69, 9.17) is 4.99 Å². The van der Waals surface area contributed by atoms with E-state index in [9.17, 15) is 0 Å². The van der Waals surface area contributed by atoms with Crippen molar-refractivity contribution >= 4 is 6.21 Å². The second-order valence-electron chi connectivity index (χ2n) is 5.71. The fraction of sp³-hybridized carbons (Fsp3) is 0.294. The van der Waals surface area contributed by atoms with Gasteiger partial charge in [-0.05, 0) is 23.1 Å². The lowest BCUT2D eigenvalue weighted by Gasteiger charge is -2.27. The Kier molecular flexibility index (Phi) is 4.10. The first-order valence-electron chi connectivity index (χ1n) is 6.56. The Hall–Kier alpha value is -1.96. The number of aromatic nitrogens is 1. The monoisotopic (exact) mass is 252 g/mol. The van der Waals surface area contributed by atoms with Crippen LogP contribution in [0.15, 0.2) is 59.7 Å². The molecule has 1 aromatic carbocycles. The highest BCUT2D eigenvalue weighted by Crippen LogP contribution is 2.35. The molecule has 0 aliphatic heterocycles. The molecule has 19 heavy (non-hydrogen) atoms. The average Bonchev–Trinajstić information content (AvgIpc) is 2.40. The van der Waals surface area contributed by atoms with E-state index < -0.39 is 0 Å². The third-order valence-electron chi connectivity index (χ3n) is 2.98. The molecule has 2 rings (SSSR count). The van der Waals surface area contributed by atoms with Gasteiger partial charge in [0.1, 0.15) is 0 Å². The highest BCUT2D eigenvalue weighted by Gasteiger charge is 2.24. The molecular formula is C17H20N2. The zero-order valence-corrected chi connectivity index (χ0v) is 11.7. The van der Waals surface area contributed by atoms with E-state index in [1.165, 1.54) is 5.56 Å². The molecule has 0 amide bonds. The van der Waals surface area contributed by atoms with Gasteiger partial charge in [0.2, 0.25) is 0 Å². The summed E-state index contributed by atoms with van der Waals surface area (Å²) in [6.45, 7) is 6.63. The van der Waals surface area contributed by atoms with Crippen molar-refractivity contribution in [1.29, 1.82) is 0 Å².